The number of aromatic amines is 1. The van der Waals surface area contributed by atoms with Crippen molar-refractivity contribution in [1.29, 1.82) is 0 Å². The predicted octanol–water partition coefficient (Wildman–Crippen LogP) is 1.48. The normalized spacial score (nSPS) is 20.1. The van der Waals surface area contributed by atoms with Crippen molar-refractivity contribution >= 4 is 22.5 Å². The Morgan fingerprint density at radius 2 is 1.97 bits per heavy atom. The number of benzene rings is 1. The van der Waals surface area contributed by atoms with Gasteiger partial charge in [-0.25, -0.2) is 9.37 Å². The predicted molar refractivity (Wildman–Crippen MR) is 125 cm³/mol. The summed E-state index contributed by atoms with van der Waals surface area (Å²) in [7, 11) is 1.45. The largest absolute Gasteiger partial charge is 0.489 e. The molecule has 0 saturated carbocycles. The molecule has 1 atom stereocenters. The number of ether oxygens (including phenoxy) is 1. The van der Waals surface area contributed by atoms with Crippen LogP contribution in [0.1, 0.15) is 28.5 Å². The first kappa shape index (κ1) is 23.2. The molecule has 1 fully saturated rings. The van der Waals surface area contributed by atoms with Crippen molar-refractivity contribution < 1.29 is 23.4 Å². The molecule has 2 aromatic heterocycles. The highest BCUT2D eigenvalue weighted by atomic mass is 19.1. The summed E-state index contributed by atoms with van der Waals surface area (Å²) in [5, 5.41) is 13.2. The van der Waals surface area contributed by atoms with E-state index in [0.29, 0.717) is 49.4 Å². The lowest BCUT2D eigenvalue weighted by Gasteiger charge is -2.36. The molecule has 9 nitrogen and oxygen atoms in total. The molecule has 0 spiro atoms. The standard InChI is InChI=1S/C24H25F2N5O4/c1-24(34)12-35-20-14-4-3-13(18(25)19(14)29-23(33)17(20)24)11-30-7-9-31(10-8-30)16-6-5-15(22(32)27-2)28-21(16)26/h3-6,34H,7-12H2,1-2H3,(H,27,32)(H,29,33). The number of nitrogens with zero attached hydrogens (tertiary/aromatic N) is 3. The van der Waals surface area contributed by atoms with Crippen molar-refractivity contribution in [2.75, 3.05) is 44.7 Å². The molecule has 3 N–H and O–H groups in total. The van der Waals surface area contributed by atoms with Gasteiger partial charge in [0, 0.05) is 50.7 Å². The molecule has 0 radical (unpaired) electrons. The van der Waals surface area contributed by atoms with E-state index in [0.717, 1.165) is 0 Å². The zero-order chi connectivity index (χ0) is 24.9. The van der Waals surface area contributed by atoms with Gasteiger partial charge in [0.25, 0.3) is 11.5 Å². The Morgan fingerprint density at radius 3 is 2.66 bits per heavy atom. The van der Waals surface area contributed by atoms with Crippen molar-refractivity contribution in [3.05, 3.63) is 63.2 Å². The molecule has 4 heterocycles. The van der Waals surface area contributed by atoms with E-state index in [1.54, 1.807) is 18.2 Å². The first-order valence-corrected chi connectivity index (χ1v) is 11.3. The van der Waals surface area contributed by atoms with Crippen LogP contribution in [0.4, 0.5) is 14.5 Å². The second-order valence-electron chi connectivity index (χ2n) is 9.03. The smallest absolute Gasteiger partial charge is 0.269 e. The number of rotatable bonds is 4. The Bertz CT molecular complexity index is 1380. The van der Waals surface area contributed by atoms with E-state index in [2.05, 4.69) is 15.3 Å². The quantitative estimate of drug-likeness (QED) is 0.480. The number of carbonyl (C=O) groups is 1. The van der Waals surface area contributed by atoms with Gasteiger partial charge in [0.15, 0.2) is 5.82 Å². The second kappa shape index (κ2) is 8.58. The Morgan fingerprint density at radius 1 is 1.23 bits per heavy atom. The van der Waals surface area contributed by atoms with Crippen molar-refractivity contribution in [3.63, 3.8) is 0 Å². The number of aliphatic hydroxyl groups is 1. The number of amides is 1. The Labute approximate surface area is 199 Å². The highest BCUT2D eigenvalue weighted by Gasteiger charge is 2.39. The van der Waals surface area contributed by atoms with Crippen LogP contribution in [0.2, 0.25) is 0 Å². The van der Waals surface area contributed by atoms with E-state index in [-0.39, 0.29) is 29.1 Å². The number of hydrogen-bond donors (Lipinski definition) is 3. The van der Waals surface area contributed by atoms with Gasteiger partial charge in [-0.3, -0.25) is 14.5 Å². The third kappa shape index (κ3) is 4.00. The molecule has 11 heteroatoms. The molecule has 3 aromatic rings. The number of pyridine rings is 2. The number of carbonyl (C=O) groups excluding carboxylic acids is 1. The molecule has 1 amide bonds. The molecule has 184 valence electrons. The number of H-pyrrole nitrogens is 1. The minimum absolute atomic E-state index is 0.0110. The molecule has 1 aromatic carbocycles. The molecule has 2 aliphatic heterocycles. The summed E-state index contributed by atoms with van der Waals surface area (Å²) in [6.07, 6.45) is 0. The minimum atomic E-state index is -1.43. The summed E-state index contributed by atoms with van der Waals surface area (Å²) in [6, 6.07) is 6.36. The maximum Gasteiger partial charge on any atom is 0.269 e. The molecule has 1 saturated heterocycles. The summed E-state index contributed by atoms with van der Waals surface area (Å²) in [6.45, 7) is 3.84. The van der Waals surface area contributed by atoms with Crippen LogP contribution in [0.3, 0.4) is 0 Å². The van der Waals surface area contributed by atoms with Crippen molar-refractivity contribution in [1.82, 2.24) is 20.2 Å². The summed E-state index contributed by atoms with van der Waals surface area (Å²) in [5.41, 5.74) is -1.10. The maximum atomic E-state index is 15.4. The Kier molecular flexibility index (Phi) is 5.68. The SMILES string of the molecule is CNC(=O)c1ccc(N2CCN(Cc3ccc4c5c(c(=O)[nH]c4c3F)C(C)(O)CO5)CC2)c(F)n1. The molecular weight excluding hydrogens is 460 g/mol. The molecule has 35 heavy (non-hydrogen) atoms. The average Bonchev–Trinajstić information content (AvgIpc) is 3.17. The van der Waals surface area contributed by atoms with E-state index in [9.17, 15) is 19.1 Å². The number of fused-ring (bicyclic) bond motifs is 3. The fourth-order valence-corrected chi connectivity index (χ4v) is 4.70. The summed E-state index contributed by atoms with van der Waals surface area (Å²) in [5.74, 6) is -1.50. The molecular formula is C24H25F2N5O4. The lowest BCUT2D eigenvalue weighted by molar-refractivity contribution is 0.0342. The van der Waals surface area contributed by atoms with Gasteiger partial charge in [-0.2, -0.15) is 4.39 Å². The number of anilines is 1. The number of nitrogens with one attached hydrogen (secondary N) is 2. The van der Waals surface area contributed by atoms with Gasteiger partial charge in [-0.1, -0.05) is 6.07 Å². The molecule has 0 bridgehead atoms. The third-order valence-electron chi connectivity index (χ3n) is 6.59. The number of halogens is 2. The van der Waals surface area contributed by atoms with Gasteiger partial charge in [-0.05, 0) is 25.1 Å². The minimum Gasteiger partial charge on any atom is -0.489 e. The molecule has 5 rings (SSSR count). The van der Waals surface area contributed by atoms with Gasteiger partial charge in [0.2, 0.25) is 5.95 Å². The maximum absolute atomic E-state index is 15.4. The topological polar surface area (TPSA) is 111 Å². The summed E-state index contributed by atoms with van der Waals surface area (Å²) >= 11 is 0. The van der Waals surface area contributed by atoms with E-state index < -0.39 is 28.8 Å². The lowest BCUT2D eigenvalue weighted by Crippen LogP contribution is -2.46. The highest BCUT2D eigenvalue weighted by Crippen LogP contribution is 2.39. The van der Waals surface area contributed by atoms with Crippen molar-refractivity contribution in [2.45, 2.75) is 19.1 Å². The van der Waals surface area contributed by atoms with Crippen LogP contribution >= 0.6 is 0 Å². The Hall–Kier alpha value is -3.57. The van der Waals surface area contributed by atoms with Crippen LogP contribution in [-0.4, -0.2) is 65.7 Å². The van der Waals surface area contributed by atoms with Crippen molar-refractivity contribution in [3.8, 4) is 5.75 Å². The van der Waals surface area contributed by atoms with Crippen LogP contribution in [0, 0.1) is 11.8 Å². The van der Waals surface area contributed by atoms with Crippen LogP contribution < -0.4 is 20.5 Å². The van der Waals surface area contributed by atoms with E-state index >= 15 is 4.39 Å². The van der Waals surface area contributed by atoms with E-state index in [1.807, 2.05) is 9.80 Å². The fraction of sp³-hybridized carbons (Fsp3) is 0.375. The van der Waals surface area contributed by atoms with Gasteiger partial charge >= 0.3 is 0 Å². The number of piperazine rings is 1. The third-order valence-corrected chi connectivity index (χ3v) is 6.59. The van der Waals surface area contributed by atoms with Gasteiger partial charge in [0.1, 0.15) is 23.7 Å². The first-order valence-electron chi connectivity index (χ1n) is 11.3. The van der Waals surface area contributed by atoms with E-state index in [4.69, 9.17) is 4.74 Å². The lowest BCUT2D eigenvalue weighted by atomic mass is 9.98. The van der Waals surface area contributed by atoms with E-state index in [1.165, 1.54) is 20.0 Å². The van der Waals surface area contributed by atoms with Crippen LogP contribution in [0.15, 0.2) is 29.1 Å². The zero-order valence-corrected chi connectivity index (χ0v) is 19.3. The van der Waals surface area contributed by atoms with Crippen LogP contribution in [0.5, 0.6) is 5.75 Å². The number of hydrogen-bond acceptors (Lipinski definition) is 7. The van der Waals surface area contributed by atoms with Gasteiger partial charge < -0.3 is 25.0 Å². The van der Waals surface area contributed by atoms with Gasteiger partial charge in [0.05, 0.1) is 16.8 Å². The van der Waals surface area contributed by atoms with Gasteiger partial charge in [-0.15, -0.1) is 0 Å². The molecule has 0 aliphatic carbocycles. The van der Waals surface area contributed by atoms with Crippen LogP contribution in [0.25, 0.3) is 10.9 Å². The zero-order valence-electron chi connectivity index (χ0n) is 19.3. The Balaban J connectivity index is 1.32. The highest BCUT2D eigenvalue weighted by molar-refractivity contribution is 5.92. The summed E-state index contributed by atoms with van der Waals surface area (Å²) in [4.78, 5) is 34.4. The first-order chi connectivity index (χ1) is 16.7. The van der Waals surface area contributed by atoms with Crippen LogP contribution in [-0.2, 0) is 12.1 Å². The second-order valence-corrected chi connectivity index (χ2v) is 9.03. The molecule has 2 aliphatic rings. The molecule has 1 unspecified atom stereocenters. The monoisotopic (exact) mass is 485 g/mol. The van der Waals surface area contributed by atoms with Crippen molar-refractivity contribution in [2.24, 2.45) is 0 Å². The summed E-state index contributed by atoms with van der Waals surface area (Å²) < 4.78 is 35.4. The average molecular weight is 485 g/mol. The fourth-order valence-electron chi connectivity index (χ4n) is 4.70. The number of aromatic nitrogens is 2.